The number of nitrogens with zero attached hydrogens (tertiary/aromatic N) is 2. The molecule has 0 amide bonds. The summed E-state index contributed by atoms with van der Waals surface area (Å²) in [4.78, 5) is 18.2. The van der Waals surface area contributed by atoms with Crippen LogP contribution in [0.2, 0.25) is 0 Å². The highest BCUT2D eigenvalue weighted by Gasteiger charge is 2.13. The van der Waals surface area contributed by atoms with Crippen LogP contribution in [0.4, 0.5) is 8.78 Å². The molecule has 7 heteroatoms. The number of carboxylic acids is 1. The summed E-state index contributed by atoms with van der Waals surface area (Å²) in [6, 6.07) is 2.75. The van der Waals surface area contributed by atoms with Crippen LogP contribution in [0, 0.1) is 11.6 Å². The first-order valence-electron chi connectivity index (χ1n) is 5.18. The Balaban J connectivity index is 2.19. The Labute approximate surface area is 106 Å². The third kappa shape index (κ3) is 3.01. The van der Waals surface area contributed by atoms with Crippen molar-refractivity contribution in [3.63, 3.8) is 0 Å². The van der Waals surface area contributed by atoms with Crippen LogP contribution in [0.15, 0.2) is 30.7 Å². The third-order valence-corrected chi connectivity index (χ3v) is 2.28. The number of aromatic nitrogens is 2. The van der Waals surface area contributed by atoms with Gasteiger partial charge in [-0.2, -0.15) is 0 Å². The quantitative estimate of drug-likeness (QED) is 0.916. The molecule has 1 aromatic heterocycles. The average molecular weight is 266 g/mol. The van der Waals surface area contributed by atoms with Gasteiger partial charge >= 0.3 is 5.97 Å². The summed E-state index contributed by atoms with van der Waals surface area (Å²) in [6.45, 7) is -0.301. The Morgan fingerprint density at radius 3 is 2.89 bits per heavy atom. The van der Waals surface area contributed by atoms with Gasteiger partial charge in [0, 0.05) is 12.3 Å². The lowest BCUT2D eigenvalue weighted by molar-refractivity contribution is 0.0692. The maximum Gasteiger partial charge on any atom is 0.339 e. The van der Waals surface area contributed by atoms with Gasteiger partial charge in [0.25, 0.3) is 0 Å². The standard InChI is InChI=1S/C12H8F2N2O3/c13-7-1-2-9(14)11(3-7)19-5-10-8(12(17)18)4-15-6-16-10/h1-4,6H,5H2,(H,17,18). The van der Waals surface area contributed by atoms with E-state index in [1.165, 1.54) is 0 Å². The lowest BCUT2D eigenvalue weighted by Gasteiger charge is -2.08. The molecule has 2 aromatic rings. The molecular weight excluding hydrogens is 258 g/mol. The van der Waals surface area contributed by atoms with E-state index < -0.39 is 17.6 Å². The molecular formula is C12H8F2N2O3. The minimum atomic E-state index is -1.22. The molecule has 1 N–H and O–H groups in total. The van der Waals surface area contributed by atoms with Crippen LogP contribution in [-0.2, 0) is 6.61 Å². The van der Waals surface area contributed by atoms with Gasteiger partial charge < -0.3 is 9.84 Å². The Hall–Kier alpha value is -2.57. The van der Waals surface area contributed by atoms with Crippen LogP contribution < -0.4 is 4.74 Å². The number of hydrogen-bond donors (Lipinski definition) is 1. The molecule has 1 aromatic carbocycles. The fourth-order valence-corrected chi connectivity index (χ4v) is 1.38. The Bertz CT molecular complexity index is 620. The van der Waals surface area contributed by atoms with Crippen molar-refractivity contribution in [2.45, 2.75) is 6.61 Å². The number of hydrogen-bond acceptors (Lipinski definition) is 4. The number of carboxylic acid groups (broad SMARTS) is 1. The summed E-state index contributed by atoms with van der Waals surface area (Å²) < 4.78 is 31.2. The zero-order chi connectivity index (χ0) is 13.8. The van der Waals surface area contributed by atoms with Gasteiger partial charge in [0.05, 0.1) is 5.69 Å². The first kappa shape index (κ1) is 12.9. The van der Waals surface area contributed by atoms with Gasteiger partial charge in [-0.15, -0.1) is 0 Å². The predicted molar refractivity (Wildman–Crippen MR) is 59.7 cm³/mol. The maximum atomic E-state index is 13.3. The van der Waals surface area contributed by atoms with Crippen molar-refractivity contribution < 1.29 is 23.4 Å². The number of benzene rings is 1. The van der Waals surface area contributed by atoms with E-state index in [1.807, 2.05) is 0 Å². The summed E-state index contributed by atoms with van der Waals surface area (Å²) in [6.07, 6.45) is 2.25. The van der Waals surface area contributed by atoms with Crippen molar-refractivity contribution in [3.8, 4) is 5.75 Å². The van der Waals surface area contributed by atoms with Gasteiger partial charge in [0.15, 0.2) is 11.6 Å². The SMILES string of the molecule is O=C(O)c1cncnc1COc1cc(F)ccc1F. The van der Waals surface area contributed by atoms with E-state index in [0.717, 1.165) is 30.7 Å². The van der Waals surface area contributed by atoms with Crippen molar-refractivity contribution in [3.05, 3.63) is 53.6 Å². The Morgan fingerprint density at radius 2 is 2.16 bits per heavy atom. The van der Waals surface area contributed by atoms with Gasteiger partial charge in [-0.05, 0) is 12.1 Å². The van der Waals surface area contributed by atoms with Crippen molar-refractivity contribution in [1.29, 1.82) is 0 Å². The van der Waals surface area contributed by atoms with E-state index in [0.29, 0.717) is 0 Å². The highest BCUT2D eigenvalue weighted by molar-refractivity contribution is 5.88. The van der Waals surface area contributed by atoms with Crippen molar-refractivity contribution in [2.75, 3.05) is 0 Å². The molecule has 0 spiro atoms. The molecule has 0 saturated carbocycles. The molecule has 0 saturated heterocycles. The van der Waals surface area contributed by atoms with E-state index in [2.05, 4.69) is 9.97 Å². The van der Waals surface area contributed by atoms with Crippen LogP contribution in [0.3, 0.4) is 0 Å². The largest absolute Gasteiger partial charge is 0.484 e. The average Bonchev–Trinajstić information content (AvgIpc) is 2.40. The number of rotatable bonds is 4. The van der Waals surface area contributed by atoms with Crippen LogP contribution in [0.5, 0.6) is 5.75 Å². The van der Waals surface area contributed by atoms with Gasteiger partial charge in [-0.25, -0.2) is 23.5 Å². The molecule has 0 aliphatic carbocycles. The Kier molecular flexibility index (Phi) is 3.65. The smallest absolute Gasteiger partial charge is 0.339 e. The van der Waals surface area contributed by atoms with E-state index in [-0.39, 0.29) is 23.6 Å². The molecule has 0 aliphatic rings. The minimum absolute atomic E-state index is 0.0751. The number of carbonyl (C=O) groups is 1. The topological polar surface area (TPSA) is 72.3 Å². The summed E-state index contributed by atoms with van der Waals surface area (Å²) in [5.74, 6) is -2.93. The highest BCUT2D eigenvalue weighted by atomic mass is 19.1. The molecule has 0 unspecified atom stereocenters. The summed E-state index contributed by atoms with van der Waals surface area (Å²) in [5, 5.41) is 8.89. The van der Waals surface area contributed by atoms with E-state index in [1.54, 1.807) is 0 Å². The van der Waals surface area contributed by atoms with Crippen LogP contribution in [-0.4, -0.2) is 21.0 Å². The number of halogens is 2. The fourth-order valence-electron chi connectivity index (χ4n) is 1.38. The molecule has 0 fully saturated rings. The van der Waals surface area contributed by atoms with E-state index in [9.17, 15) is 13.6 Å². The zero-order valence-electron chi connectivity index (χ0n) is 9.51. The van der Waals surface area contributed by atoms with E-state index in [4.69, 9.17) is 9.84 Å². The van der Waals surface area contributed by atoms with Crippen LogP contribution >= 0.6 is 0 Å². The second kappa shape index (κ2) is 5.38. The molecule has 1 heterocycles. The van der Waals surface area contributed by atoms with Crippen molar-refractivity contribution >= 4 is 5.97 Å². The van der Waals surface area contributed by atoms with Crippen molar-refractivity contribution in [2.24, 2.45) is 0 Å². The number of aromatic carboxylic acids is 1. The first-order chi connectivity index (χ1) is 9.08. The monoisotopic (exact) mass is 266 g/mol. The fraction of sp³-hybridized carbons (Fsp3) is 0.0833. The second-order valence-corrected chi connectivity index (χ2v) is 3.55. The van der Waals surface area contributed by atoms with E-state index >= 15 is 0 Å². The van der Waals surface area contributed by atoms with Gasteiger partial charge in [-0.3, -0.25) is 0 Å². The molecule has 0 aliphatic heterocycles. The van der Waals surface area contributed by atoms with Gasteiger partial charge in [0.1, 0.15) is 24.3 Å². The second-order valence-electron chi connectivity index (χ2n) is 3.55. The molecule has 19 heavy (non-hydrogen) atoms. The predicted octanol–water partition coefficient (Wildman–Crippen LogP) is 2.03. The first-order valence-corrected chi connectivity index (χ1v) is 5.18. The Morgan fingerprint density at radius 1 is 1.37 bits per heavy atom. The molecule has 2 rings (SSSR count). The lowest BCUT2D eigenvalue weighted by atomic mass is 10.2. The maximum absolute atomic E-state index is 13.3. The molecule has 0 atom stereocenters. The number of ether oxygens (including phenoxy) is 1. The van der Waals surface area contributed by atoms with Gasteiger partial charge in [0.2, 0.25) is 0 Å². The van der Waals surface area contributed by atoms with Crippen LogP contribution in [0.25, 0.3) is 0 Å². The summed E-state index contributed by atoms with van der Waals surface area (Å²) >= 11 is 0. The molecule has 0 bridgehead atoms. The van der Waals surface area contributed by atoms with Gasteiger partial charge in [-0.1, -0.05) is 0 Å². The lowest BCUT2D eigenvalue weighted by Crippen LogP contribution is -2.09. The van der Waals surface area contributed by atoms with Crippen LogP contribution in [0.1, 0.15) is 16.1 Å². The molecule has 98 valence electrons. The third-order valence-electron chi connectivity index (χ3n) is 2.28. The summed E-state index contributed by atoms with van der Waals surface area (Å²) in [5.41, 5.74) is -0.0783. The normalized spacial score (nSPS) is 10.2. The van der Waals surface area contributed by atoms with Crippen molar-refractivity contribution in [1.82, 2.24) is 9.97 Å². The summed E-state index contributed by atoms with van der Waals surface area (Å²) in [7, 11) is 0. The molecule has 5 nitrogen and oxygen atoms in total. The highest BCUT2D eigenvalue weighted by Crippen LogP contribution is 2.19. The molecule has 0 radical (unpaired) electrons. The minimum Gasteiger partial charge on any atom is -0.484 e. The zero-order valence-corrected chi connectivity index (χ0v) is 9.51.